The van der Waals surface area contributed by atoms with E-state index in [9.17, 15) is 9.59 Å². The second kappa shape index (κ2) is 11.0. The molecule has 1 heterocycles. The Bertz CT molecular complexity index is 1580. The van der Waals surface area contributed by atoms with Gasteiger partial charge in [0.25, 0.3) is 5.56 Å². The van der Waals surface area contributed by atoms with Gasteiger partial charge in [0.1, 0.15) is 11.5 Å². The molecule has 0 atom stereocenters. The number of benzene rings is 3. The van der Waals surface area contributed by atoms with Crippen molar-refractivity contribution in [2.75, 3.05) is 13.7 Å². The molecule has 1 aromatic heterocycles. The van der Waals surface area contributed by atoms with E-state index in [2.05, 4.69) is 34.9 Å². The molecule has 3 aromatic carbocycles. The van der Waals surface area contributed by atoms with Gasteiger partial charge in [-0.05, 0) is 66.4 Å². The number of aryl methyl sites for hydroxylation is 1. The monoisotopic (exact) mass is 563 g/mol. The van der Waals surface area contributed by atoms with Crippen molar-refractivity contribution >= 4 is 39.0 Å². The Hall–Kier alpha value is -3.98. The molecule has 0 aliphatic carbocycles. The summed E-state index contributed by atoms with van der Waals surface area (Å²) < 4.78 is 13.0. The molecule has 37 heavy (non-hydrogen) atoms. The zero-order valence-electron chi connectivity index (χ0n) is 20.9. The summed E-state index contributed by atoms with van der Waals surface area (Å²) in [6, 6.07) is 16.1. The lowest BCUT2D eigenvalue weighted by molar-refractivity contribution is -0.139. The molecule has 1 N–H and O–H groups in total. The fourth-order valence-corrected chi connectivity index (χ4v) is 4.36. The Morgan fingerprint density at radius 3 is 2.62 bits per heavy atom. The third kappa shape index (κ3) is 5.56. The molecule has 0 fully saturated rings. The molecule has 0 spiro atoms. The van der Waals surface area contributed by atoms with Crippen LogP contribution in [0.5, 0.6) is 11.5 Å². The van der Waals surface area contributed by atoms with E-state index in [0.29, 0.717) is 28.0 Å². The highest BCUT2D eigenvalue weighted by atomic mass is 79.9. The van der Waals surface area contributed by atoms with Gasteiger partial charge in [-0.15, -0.1) is 0 Å². The van der Waals surface area contributed by atoms with E-state index in [1.54, 1.807) is 43.5 Å². The summed E-state index contributed by atoms with van der Waals surface area (Å²) in [7, 11) is 1.64. The summed E-state index contributed by atoms with van der Waals surface area (Å²) >= 11 is 3.42. The quantitative estimate of drug-likeness (QED) is 0.279. The van der Waals surface area contributed by atoms with Crippen molar-refractivity contribution in [1.29, 1.82) is 0 Å². The summed E-state index contributed by atoms with van der Waals surface area (Å²) in [5.41, 5.74) is 3.33. The van der Waals surface area contributed by atoms with Crippen LogP contribution >= 0.6 is 15.9 Å². The summed E-state index contributed by atoms with van der Waals surface area (Å²) in [5, 5.41) is 14.0. The van der Waals surface area contributed by atoms with Gasteiger partial charge in [0.05, 0.1) is 24.2 Å². The number of para-hydroxylation sites is 1. The van der Waals surface area contributed by atoms with E-state index in [1.165, 1.54) is 10.9 Å². The van der Waals surface area contributed by atoms with E-state index in [0.717, 1.165) is 26.9 Å². The lowest BCUT2D eigenvalue weighted by Crippen LogP contribution is -2.21. The van der Waals surface area contributed by atoms with Crippen LogP contribution in [-0.2, 0) is 4.79 Å². The molecule has 0 saturated carbocycles. The van der Waals surface area contributed by atoms with E-state index >= 15 is 0 Å². The first-order valence-electron chi connectivity index (χ1n) is 11.6. The number of halogens is 1. The zero-order chi connectivity index (χ0) is 26.7. The summed E-state index contributed by atoms with van der Waals surface area (Å²) in [4.78, 5) is 29.5. The van der Waals surface area contributed by atoms with Gasteiger partial charge in [-0.1, -0.05) is 41.9 Å². The minimum Gasteiger partial charge on any atom is -0.496 e. The van der Waals surface area contributed by atoms with Crippen molar-refractivity contribution in [3.8, 4) is 22.9 Å². The highest BCUT2D eigenvalue weighted by Crippen LogP contribution is 2.34. The number of aromatic nitrogens is 2. The second-order valence-electron chi connectivity index (χ2n) is 8.74. The van der Waals surface area contributed by atoms with Crippen molar-refractivity contribution in [3.05, 3.63) is 86.1 Å². The predicted molar refractivity (Wildman–Crippen MR) is 147 cm³/mol. The largest absolute Gasteiger partial charge is 0.496 e. The molecule has 190 valence electrons. The summed E-state index contributed by atoms with van der Waals surface area (Å²) in [6.45, 7) is 5.57. The summed E-state index contributed by atoms with van der Waals surface area (Å²) in [5.74, 6) is 0.544. The standard InChI is InChI=1S/C28H26BrN3O5/c1-16(2)21-13-22(17(3)11-25(21)36-4)27-31-23-8-6-5-7-20(23)28(35)32(27)30-14-18-12-19(29)9-10-24(18)37-15-26(33)34/h5-14,16H,15H2,1-4H3,(H,33,34). The van der Waals surface area contributed by atoms with Crippen molar-refractivity contribution < 1.29 is 19.4 Å². The van der Waals surface area contributed by atoms with Crippen molar-refractivity contribution in [1.82, 2.24) is 9.66 Å². The molecule has 0 bridgehead atoms. The molecule has 4 rings (SSSR count). The van der Waals surface area contributed by atoms with Gasteiger partial charge in [0.2, 0.25) is 0 Å². The maximum atomic E-state index is 13.6. The van der Waals surface area contributed by atoms with Crippen LogP contribution in [0.2, 0.25) is 0 Å². The maximum absolute atomic E-state index is 13.6. The second-order valence-corrected chi connectivity index (χ2v) is 9.66. The van der Waals surface area contributed by atoms with Crippen LogP contribution in [0.4, 0.5) is 0 Å². The molecule has 0 amide bonds. The molecular weight excluding hydrogens is 538 g/mol. The number of methoxy groups -OCH3 is 1. The first-order valence-corrected chi connectivity index (χ1v) is 12.4. The Balaban J connectivity index is 1.95. The molecule has 0 saturated heterocycles. The van der Waals surface area contributed by atoms with Crippen LogP contribution in [0.25, 0.3) is 22.3 Å². The van der Waals surface area contributed by atoms with E-state index < -0.39 is 12.6 Å². The highest BCUT2D eigenvalue weighted by Gasteiger charge is 2.18. The molecule has 0 radical (unpaired) electrons. The van der Waals surface area contributed by atoms with Gasteiger partial charge in [-0.2, -0.15) is 9.78 Å². The Kier molecular flexibility index (Phi) is 7.73. The van der Waals surface area contributed by atoms with Crippen molar-refractivity contribution in [2.45, 2.75) is 26.7 Å². The van der Waals surface area contributed by atoms with E-state index in [1.807, 2.05) is 25.1 Å². The molecule has 0 unspecified atom stereocenters. The van der Waals surface area contributed by atoms with E-state index in [-0.39, 0.29) is 11.5 Å². The summed E-state index contributed by atoms with van der Waals surface area (Å²) in [6.07, 6.45) is 1.46. The lowest BCUT2D eigenvalue weighted by atomic mass is 9.96. The average molecular weight is 564 g/mol. The first kappa shape index (κ1) is 26.1. The van der Waals surface area contributed by atoms with Gasteiger partial charge >= 0.3 is 5.97 Å². The van der Waals surface area contributed by atoms with Gasteiger partial charge in [0, 0.05) is 15.6 Å². The lowest BCUT2D eigenvalue weighted by Gasteiger charge is -2.17. The number of carbonyl (C=O) groups is 1. The number of aliphatic carboxylic acids is 1. The molecule has 0 aliphatic rings. The zero-order valence-corrected chi connectivity index (χ0v) is 22.4. The molecule has 9 heteroatoms. The minimum atomic E-state index is -1.10. The number of nitrogens with zero attached hydrogens (tertiary/aromatic N) is 3. The number of carboxylic acids is 1. The molecule has 8 nitrogen and oxygen atoms in total. The Morgan fingerprint density at radius 1 is 1.16 bits per heavy atom. The van der Waals surface area contributed by atoms with Crippen LogP contribution in [0.1, 0.15) is 36.5 Å². The number of fused-ring (bicyclic) bond motifs is 1. The van der Waals surface area contributed by atoms with Gasteiger partial charge in [-0.3, -0.25) is 4.79 Å². The fourth-order valence-electron chi connectivity index (χ4n) is 3.98. The average Bonchev–Trinajstić information content (AvgIpc) is 2.87. The predicted octanol–water partition coefficient (Wildman–Crippen LogP) is 5.61. The van der Waals surface area contributed by atoms with Gasteiger partial charge in [-0.25, -0.2) is 9.78 Å². The number of carboxylic acid groups (broad SMARTS) is 1. The number of hydrogen-bond acceptors (Lipinski definition) is 6. The van der Waals surface area contributed by atoms with Crippen molar-refractivity contribution in [2.24, 2.45) is 5.10 Å². The molecule has 0 aliphatic heterocycles. The van der Waals surface area contributed by atoms with Gasteiger partial charge in [0.15, 0.2) is 12.4 Å². The fraction of sp³-hybridized carbons (Fsp3) is 0.214. The smallest absolute Gasteiger partial charge is 0.341 e. The maximum Gasteiger partial charge on any atom is 0.341 e. The SMILES string of the molecule is COc1cc(C)c(-c2nc3ccccc3c(=O)n2N=Cc2cc(Br)ccc2OCC(=O)O)cc1C(C)C. The topological polar surface area (TPSA) is 103 Å². The highest BCUT2D eigenvalue weighted by molar-refractivity contribution is 9.10. The third-order valence-electron chi connectivity index (χ3n) is 5.83. The van der Waals surface area contributed by atoms with Gasteiger partial charge < -0.3 is 14.6 Å². The molecular formula is C28H26BrN3O5. The number of rotatable bonds is 8. The third-order valence-corrected chi connectivity index (χ3v) is 6.32. The van der Waals surface area contributed by atoms with Crippen LogP contribution in [0.15, 0.2) is 69.0 Å². The van der Waals surface area contributed by atoms with Crippen LogP contribution in [-0.4, -0.2) is 40.7 Å². The van der Waals surface area contributed by atoms with Crippen molar-refractivity contribution in [3.63, 3.8) is 0 Å². The minimum absolute atomic E-state index is 0.175. The van der Waals surface area contributed by atoms with Crippen LogP contribution in [0.3, 0.4) is 0 Å². The first-order chi connectivity index (χ1) is 17.7. The van der Waals surface area contributed by atoms with E-state index in [4.69, 9.17) is 19.6 Å². The number of hydrogen-bond donors (Lipinski definition) is 1. The molecule has 4 aromatic rings. The van der Waals surface area contributed by atoms with Crippen LogP contribution < -0.4 is 15.0 Å². The normalized spacial score (nSPS) is 11.4. The Morgan fingerprint density at radius 2 is 1.92 bits per heavy atom. The van der Waals surface area contributed by atoms with Crippen LogP contribution in [0, 0.1) is 6.92 Å². The number of ether oxygens (including phenoxy) is 2. The Labute approximate surface area is 222 Å².